The first-order valence-electron chi connectivity index (χ1n) is 2.38. The van der Waals surface area contributed by atoms with E-state index >= 15 is 0 Å². The monoisotopic (exact) mass is 114 g/mol. The van der Waals surface area contributed by atoms with Crippen LogP contribution in [0.1, 0.15) is 0 Å². The molecule has 0 spiro atoms. The van der Waals surface area contributed by atoms with Crippen LogP contribution in [-0.4, -0.2) is 11.6 Å². The summed E-state index contributed by atoms with van der Waals surface area (Å²) in [4.78, 5) is 0. The molecule has 0 amide bonds. The van der Waals surface area contributed by atoms with Crippen molar-refractivity contribution in [3.8, 4) is 0 Å². The van der Waals surface area contributed by atoms with Gasteiger partial charge in [-0.3, -0.25) is 5.01 Å². The predicted molar refractivity (Wildman–Crippen MR) is 29.2 cm³/mol. The van der Waals surface area contributed by atoms with Crippen LogP contribution in [0.4, 0.5) is 4.39 Å². The van der Waals surface area contributed by atoms with Gasteiger partial charge < -0.3 is 5.43 Å². The van der Waals surface area contributed by atoms with Crippen molar-refractivity contribution in [3.63, 3.8) is 0 Å². The Bertz CT molecular complexity index is 112. The van der Waals surface area contributed by atoms with Gasteiger partial charge in [0, 0.05) is 12.4 Å². The van der Waals surface area contributed by atoms with E-state index in [0.717, 1.165) is 6.54 Å². The molecule has 1 aliphatic heterocycles. The lowest BCUT2D eigenvalue weighted by Crippen LogP contribution is -2.22. The van der Waals surface area contributed by atoms with Crippen molar-refractivity contribution in [1.82, 2.24) is 10.4 Å². The summed E-state index contributed by atoms with van der Waals surface area (Å²) in [6, 6.07) is 0. The van der Waals surface area contributed by atoms with Crippen LogP contribution in [0.25, 0.3) is 0 Å². The lowest BCUT2D eigenvalue weighted by Gasteiger charge is -2.09. The van der Waals surface area contributed by atoms with Crippen LogP contribution in [0, 0.1) is 0 Å². The van der Waals surface area contributed by atoms with E-state index in [2.05, 4.69) is 5.43 Å². The summed E-state index contributed by atoms with van der Waals surface area (Å²) in [5.41, 5.74) is 2.78. The van der Waals surface area contributed by atoms with E-state index in [1.54, 1.807) is 11.2 Å². The van der Waals surface area contributed by atoms with Crippen molar-refractivity contribution in [1.29, 1.82) is 0 Å². The van der Waals surface area contributed by atoms with Crippen LogP contribution in [0.2, 0.25) is 0 Å². The average Bonchev–Trinajstić information content (AvgIpc) is 2.19. The van der Waals surface area contributed by atoms with E-state index in [9.17, 15) is 4.39 Å². The van der Waals surface area contributed by atoms with E-state index in [1.807, 2.05) is 6.08 Å². The fourth-order valence-electron chi connectivity index (χ4n) is 0.539. The second-order valence-electron chi connectivity index (χ2n) is 1.46. The van der Waals surface area contributed by atoms with E-state index in [-0.39, 0.29) is 0 Å². The van der Waals surface area contributed by atoms with Gasteiger partial charge in [-0.15, -0.1) is 0 Å². The molecule has 0 aromatic rings. The average molecular weight is 114 g/mol. The molecule has 1 N–H and O–H groups in total. The molecular weight excluding hydrogens is 107 g/mol. The first kappa shape index (κ1) is 5.15. The lowest BCUT2D eigenvalue weighted by atomic mass is 10.6. The number of hydrogen-bond donors (Lipinski definition) is 1. The quantitative estimate of drug-likeness (QED) is 0.541. The summed E-state index contributed by atoms with van der Waals surface area (Å²) in [7, 11) is 0. The van der Waals surface area contributed by atoms with Crippen molar-refractivity contribution in [2.24, 2.45) is 0 Å². The highest BCUT2D eigenvalue weighted by Gasteiger charge is 1.95. The molecular formula is C5H7FN2. The minimum Gasteiger partial charge on any atom is -0.306 e. The molecule has 0 fully saturated rings. The SMILES string of the molecule is FC=CN1CC=CN1. The second-order valence-corrected chi connectivity index (χ2v) is 1.46. The van der Waals surface area contributed by atoms with Crippen LogP contribution in [0.3, 0.4) is 0 Å². The fourth-order valence-corrected chi connectivity index (χ4v) is 0.539. The zero-order valence-electron chi connectivity index (χ0n) is 4.34. The molecule has 0 aliphatic carbocycles. The van der Waals surface area contributed by atoms with Gasteiger partial charge in [0.2, 0.25) is 0 Å². The first-order valence-corrected chi connectivity index (χ1v) is 2.38. The third kappa shape index (κ3) is 0.992. The summed E-state index contributed by atoms with van der Waals surface area (Å²) in [6.07, 6.45) is 5.50. The van der Waals surface area contributed by atoms with Crippen molar-refractivity contribution < 1.29 is 4.39 Å². The standard InChI is InChI=1S/C5H7FN2/c6-2-5-8-4-1-3-7-8/h1-3,5,7H,4H2. The highest BCUT2D eigenvalue weighted by Crippen LogP contribution is 1.91. The highest BCUT2D eigenvalue weighted by molar-refractivity contribution is 4.92. The predicted octanol–water partition coefficient (Wildman–Crippen LogP) is 0.761. The molecule has 0 saturated heterocycles. The number of hydrogen-bond acceptors (Lipinski definition) is 2. The molecule has 1 aliphatic rings. The first-order chi connectivity index (χ1) is 3.93. The Kier molecular flexibility index (Phi) is 1.51. The van der Waals surface area contributed by atoms with Crippen LogP contribution < -0.4 is 5.43 Å². The molecule has 2 nitrogen and oxygen atoms in total. The van der Waals surface area contributed by atoms with Crippen LogP contribution in [0.5, 0.6) is 0 Å². The minimum absolute atomic E-state index is 0.500. The van der Waals surface area contributed by atoms with E-state index in [4.69, 9.17) is 0 Å². The fraction of sp³-hybridized carbons (Fsp3) is 0.200. The van der Waals surface area contributed by atoms with Crippen LogP contribution >= 0.6 is 0 Å². The van der Waals surface area contributed by atoms with Crippen LogP contribution in [-0.2, 0) is 0 Å². The molecule has 0 aromatic heterocycles. The maximum absolute atomic E-state index is 11.4. The maximum atomic E-state index is 11.4. The van der Waals surface area contributed by atoms with Gasteiger partial charge in [0.05, 0.1) is 6.54 Å². The van der Waals surface area contributed by atoms with E-state index in [0.29, 0.717) is 6.33 Å². The smallest absolute Gasteiger partial charge is 0.104 e. The summed E-state index contributed by atoms with van der Waals surface area (Å²) >= 11 is 0. The Hall–Kier alpha value is -0.990. The second kappa shape index (κ2) is 2.35. The Morgan fingerprint density at radius 1 is 1.75 bits per heavy atom. The molecule has 0 aromatic carbocycles. The van der Waals surface area contributed by atoms with Crippen molar-refractivity contribution >= 4 is 0 Å². The van der Waals surface area contributed by atoms with Gasteiger partial charge in [-0.1, -0.05) is 0 Å². The number of hydrazine groups is 1. The number of nitrogens with zero attached hydrogens (tertiary/aromatic N) is 1. The van der Waals surface area contributed by atoms with Crippen LogP contribution in [0.15, 0.2) is 24.8 Å². The van der Waals surface area contributed by atoms with Crippen molar-refractivity contribution in [3.05, 3.63) is 24.8 Å². The molecule has 0 unspecified atom stereocenters. The van der Waals surface area contributed by atoms with Gasteiger partial charge in [0.1, 0.15) is 6.33 Å². The van der Waals surface area contributed by atoms with Gasteiger partial charge in [-0.2, -0.15) is 0 Å². The molecule has 0 radical (unpaired) electrons. The maximum Gasteiger partial charge on any atom is 0.104 e. The molecule has 3 heteroatoms. The Balaban J connectivity index is 2.30. The zero-order valence-corrected chi connectivity index (χ0v) is 4.34. The molecule has 1 heterocycles. The lowest BCUT2D eigenvalue weighted by molar-refractivity contribution is 0.370. The van der Waals surface area contributed by atoms with Gasteiger partial charge >= 0.3 is 0 Å². The molecule has 44 valence electrons. The van der Waals surface area contributed by atoms with Gasteiger partial charge in [0.25, 0.3) is 0 Å². The van der Waals surface area contributed by atoms with E-state index in [1.165, 1.54) is 6.20 Å². The molecule has 0 saturated carbocycles. The zero-order chi connectivity index (χ0) is 5.82. The minimum atomic E-state index is 0.500. The normalized spacial score (nSPS) is 17.9. The summed E-state index contributed by atoms with van der Waals surface area (Å²) < 4.78 is 11.4. The summed E-state index contributed by atoms with van der Waals surface area (Å²) in [6.45, 7) is 0.737. The van der Waals surface area contributed by atoms with Gasteiger partial charge in [-0.25, -0.2) is 4.39 Å². The van der Waals surface area contributed by atoms with Crippen molar-refractivity contribution in [2.75, 3.05) is 6.54 Å². The number of nitrogens with one attached hydrogen (secondary N) is 1. The van der Waals surface area contributed by atoms with Gasteiger partial charge in [0.15, 0.2) is 0 Å². The molecule has 0 atom stereocenters. The highest BCUT2D eigenvalue weighted by atomic mass is 19.1. The molecule has 1 rings (SSSR count). The topological polar surface area (TPSA) is 15.3 Å². The van der Waals surface area contributed by atoms with Crippen molar-refractivity contribution in [2.45, 2.75) is 0 Å². The Morgan fingerprint density at radius 2 is 2.62 bits per heavy atom. The molecule has 0 bridgehead atoms. The number of halogens is 1. The Labute approximate surface area is 47.3 Å². The van der Waals surface area contributed by atoms with Gasteiger partial charge in [-0.05, 0) is 6.08 Å². The Morgan fingerprint density at radius 3 is 3.12 bits per heavy atom. The third-order valence-corrected chi connectivity index (χ3v) is 0.897. The van der Waals surface area contributed by atoms with E-state index < -0.39 is 0 Å². The third-order valence-electron chi connectivity index (χ3n) is 0.897. The largest absolute Gasteiger partial charge is 0.306 e. The number of rotatable bonds is 1. The summed E-state index contributed by atoms with van der Waals surface area (Å²) in [5.74, 6) is 0. The summed E-state index contributed by atoms with van der Waals surface area (Å²) in [5, 5.41) is 1.62. The molecule has 8 heavy (non-hydrogen) atoms.